The lowest BCUT2D eigenvalue weighted by Gasteiger charge is -2.25. The van der Waals surface area contributed by atoms with Crippen LogP contribution in [-0.4, -0.2) is 41.5 Å². The molecular weight excluding hydrogens is 316 g/mol. The topological polar surface area (TPSA) is 68.2 Å². The molecule has 124 valence electrons. The second-order valence-electron chi connectivity index (χ2n) is 5.30. The predicted octanol–water partition coefficient (Wildman–Crippen LogP) is 1.46. The molecular formula is C16H21ClN4O2. The van der Waals surface area contributed by atoms with E-state index in [-0.39, 0.29) is 24.4 Å². The van der Waals surface area contributed by atoms with Gasteiger partial charge in [0.15, 0.2) is 0 Å². The van der Waals surface area contributed by atoms with Gasteiger partial charge in [0.1, 0.15) is 6.10 Å². The average Bonchev–Trinajstić information content (AvgIpc) is 3.10. The molecule has 3 rings (SSSR count). The van der Waals surface area contributed by atoms with Crippen molar-refractivity contribution in [1.82, 2.24) is 20.4 Å². The third-order valence-electron chi connectivity index (χ3n) is 3.73. The van der Waals surface area contributed by atoms with Crippen LogP contribution in [0.4, 0.5) is 0 Å². The summed E-state index contributed by atoms with van der Waals surface area (Å²) in [5, 5.41) is 10.5. The van der Waals surface area contributed by atoms with Crippen LogP contribution < -0.4 is 10.6 Å². The van der Waals surface area contributed by atoms with E-state index < -0.39 is 6.10 Å². The lowest BCUT2D eigenvalue weighted by molar-refractivity contribution is -0.134. The minimum absolute atomic E-state index is 0. The highest BCUT2D eigenvalue weighted by molar-refractivity contribution is 5.85. The summed E-state index contributed by atoms with van der Waals surface area (Å²) in [6.45, 7) is 3.88. The Hall–Kier alpha value is -1.89. The molecule has 1 saturated heterocycles. The van der Waals surface area contributed by atoms with Gasteiger partial charge in [0.25, 0.3) is 5.91 Å². The third-order valence-corrected chi connectivity index (χ3v) is 3.73. The number of nitrogens with one attached hydrogen (secondary N) is 2. The number of para-hydroxylation sites is 1. The van der Waals surface area contributed by atoms with Crippen LogP contribution in [0.5, 0.6) is 0 Å². The number of amides is 1. The van der Waals surface area contributed by atoms with E-state index in [1.54, 1.807) is 10.9 Å². The minimum Gasteiger partial charge on any atom is -0.366 e. The normalized spacial score (nSPS) is 18.7. The number of ether oxygens (including phenoxy) is 1. The summed E-state index contributed by atoms with van der Waals surface area (Å²) in [4.78, 5) is 12.3. The van der Waals surface area contributed by atoms with Crippen LogP contribution in [-0.2, 0) is 9.53 Å². The quantitative estimate of drug-likeness (QED) is 0.887. The van der Waals surface area contributed by atoms with Gasteiger partial charge in [-0.3, -0.25) is 4.79 Å². The van der Waals surface area contributed by atoms with Crippen LogP contribution in [0.3, 0.4) is 0 Å². The van der Waals surface area contributed by atoms with Crippen LogP contribution in [0.15, 0.2) is 42.7 Å². The van der Waals surface area contributed by atoms with E-state index in [2.05, 4.69) is 15.7 Å². The molecule has 0 spiro atoms. The highest BCUT2D eigenvalue weighted by Gasteiger charge is 2.24. The molecule has 1 aromatic carbocycles. The fourth-order valence-electron chi connectivity index (χ4n) is 2.59. The molecule has 2 heterocycles. The zero-order valence-electron chi connectivity index (χ0n) is 12.9. The maximum Gasteiger partial charge on any atom is 0.250 e. The monoisotopic (exact) mass is 336 g/mol. The molecule has 23 heavy (non-hydrogen) atoms. The predicted molar refractivity (Wildman–Crippen MR) is 90.0 cm³/mol. The van der Waals surface area contributed by atoms with Gasteiger partial charge < -0.3 is 15.4 Å². The molecule has 2 atom stereocenters. The smallest absolute Gasteiger partial charge is 0.250 e. The number of hydrogen-bond donors (Lipinski definition) is 2. The van der Waals surface area contributed by atoms with Gasteiger partial charge in [-0.05, 0) is 24.6 Å². The summed E-state index contributed by atoms with van der Waals surface area (Å²) in [7, 11) is 0. The van der Waals surface area contributed by atoms with Gasteiger partial charge in [-0.15, -0.1) is 12.4 Å². The summed E-state index contributed by atoms with van der Waals surface area (Å²) >= 11 is 0. The molecule has 1 aromatic heterocycles. The number of rotatable bonds is 4. The van der Waals surface area contributed by atoms with Gasteiger partial charge in [-0.1, -0.05) is 18.2 Å². The molecule has 2 N–H and O–H groups in total. The van der Waals surface area contributed by atoms with Crippen molar-refractivity contribution in [3.8, 4) is 5.69 Å². The molecule has 2 unspecified atom stereocenters. The molecule has 0 aliphatic carbocycles. The van der Waals surface area contributed by atoms with Crippen molar-refractivity contribution >= 4 is 18.3 Å². The number of halogens is 1. The molecule has 1 fully saturated rings. The Morgan fingerprint density at radius 3 is 2.96 bits per heavy atom. The first-order chi connectivity index (χ1) is 10.8. The van der Waals surface area contributed by atoms with Crippen molar-refractivity contribution in [3.05, 3.63) is 48.3 Å². The Labute approximate surface area is 141 Å². The van der Waals surface area contributed by atoms with E-state index in [0.717, 1.165) is 17.8 Å². The fourth-order valence-corrected chi connectivity index (χ4v) is 2.59. The molecule has 1 aliphatic heterocycles. The van der Waals surface area contributed by atoms with E-state index in [4.69, 9.17) is 4.74 Å². The Bertz CT molecular complexity index is 627. The van der Waals surface area contributed by atoms with Gasteiger partial charge in [0.05, 0.1) is 18.3 Å². The number of hydrogen-bond acceptors (Lipinski definition) is 4. The van der Waals surface area contributed by atoms with Crippen LogP contribution in [0.1, 0.15) is 18.5 Å². The van der Waals surface area contributed by atoms with Crippen molar-refractivity contribution < 1.29 is 9.53 Å². The second kappa shape index (κ2) is 8.10. The number of benzene rings is 1. The average molecular weight is 337 g/mol. The van der Waals surface area contributed by atoms with Crippen LogP contribution >= 0.6 is 12.4 Å². The summed E-state index contributed by atoms with van der Waals surface area (Å²) in [5.41, 5.74) is 1.98. The van der Waals surface area contributed by atoms with E-state index in [1.165, 1.54) is 0 Å². The van der Waals surface area contributed by atoms with Crippen molar-refractivity contribution in [1.29, 1.82) is 0 Å². The van der Waals surface area contributed by atoms with Crippen LogP contribution in [0, 0.1) is 0 Å². The number of carbonyl (C=O) groups is 1. The summed E-state index contributed by atoms with van der Waals surface area (Å²) in [6, 6.07) is 9.67. The van der Waals surface area contributed by atoms with Crippen molar-refractivity contribution in [2.45, 2.75) is 19.1 Å². The van der Waals surface area contributed by atoms with Crippen LogP contribution in [0.2, 0.25) is 0 Å². The summed E-state index contributed by atoms with van der Waals surface area (Å²) in [6.07, 6.45) is 3.20. The first kappa shape index (κ1) is 17.5. The molecule has 1 aliphatic rings. The number of nitrogens with zero attached hydrogens (tertiary/aromatic N) is 2. The van der Waals surface area contributed by atoms with E-state index in [9.17, 15) is 4.79 Å². The maximum absolute atomic E-state index is 12.3. The molecule has 0 saturated carbocycles. The molecule has 6 nitrogen and oxygen atoms in total. The summed E-state index contributed by atoms with van der Waals surface area (Å²) < 4.78 is 7.29. The highest BCUT2D eigenvalue weighted by atomic mass is 35.5. The highest BCUT2D eigenvalue weighted by Crippen LogP contribution is 2.21. The standard InChI is InChI=1S/C16H20N4O2.ClH/c1-12(19-16(21)15-11-17-8-10-22-15)13-5-2-3-6-14(13)20-9-4-7-18-20;/h2-7,9,12,15,17H,8,10-11H2,1H3,(H,19,21);1H. The minimum atomic E-state index is -0.423. The molecule has 1 amide bonds. The molecule has 7 heteroatoms. The van der Waals surface area contributed by atoms with Gasteiger partial charge in [0, 0.05) is 25.5 Å². The SMILES string of the molecule is CC(NC(=O)C1CNCCO1)c1ccccc1-n1cccn1.Cl. The van der Waals surface area contributed by atoms with E-state index in [1.807, 2.05) is 43.5 Å². The zero-order valence-corrected chi connectivity index (χ0v) is 13.8. The number of carbonyl (C=O) groups excluding carboxylic acids is 1. The largest absolute Gasteiger partial charge is 0.366 e. The lowest BCUT2D eigenvalue weighted by Crippen LogP contribution is -2.48. The number of aromatic nitrogens is 2. The van der Waals surface area contributed by atoms with E-state index >= 15 is 0 Å². The maximum atomic E-state index is 12.3. The summed E-state index contributed by atoms with van der Waals surface area (Å²) in [5.74, 6) is -0.0880. The Morgan fingerprint density at radius 2 is 2.26 bits per heavy atom. The van der Waals surface area contributed by atoms with Gasteiger partial charge in [-0.25, -0.2) is 4.68 Å². The Morgan fingerprint density at radius 1 is 1.43 bits per heavy atom. The van der Waals surface area contributed by atoms with E-state index in [0.29, 0.717) is 13.2 Å². The van der Waals surface area contributed by atoms with Crippen molar-refractivity contribution in [3.63, 3.8) is 0 Å². The molecule has 0 bridgehead atoms. The third kappa shape index (κ3) is 4.10. The fraction of sp³-hybridized carbons (Fsp3) is 0.375. The van der Waals surface area contributed by atoms with Crippen molar-refractivity contribution in [2.75, 3.05) is 19.7 Å². The van der Waals surface area contributed by atoms with Gasteiger partial charge in [-0.2, -0.15) is 5.10 Å². The molecule has 0 radical (unpaired) electrons. The van der Waals surface area contributed by atoms with Crippen LogP contribution in [0.25, 0.3) is 5.69 Å². The lowest BCUT2D eigenvalue weighted by atomic mass is 10.1. The first-order valence-electron chi connectivity index (χ1n) is 7.47. The van der Waals surface area contributed by atoms with Gasteiger partial charge in [0.2, 0.25) is 0 Å². The number of morpholine rings is 1. The van der Waals surface area contributed by atoms with Crippen molar-refractivity contribution in [2.24, 2.45) is 0 Å². The molecule has 2 aromatic rings. The second-order valence-corrected chi connectivity index (χ2v) is 5.30. The Kier molecular flexibility index (Phi) is 6.15. The van der Waals surface area contributed by atoms with Gasteiger partial charge >= 0.3 is 0 Å². The first-order valence-corrected chi connectivity index (χ1v) is 7.47. The zero-order chi connectivity index (χ0) is 15.4. The Balaban J connectivity index is 0.00000192.